The summed E-state index contributed by atoms with van der Waals surface area (Å²) in [4.78, 5) is 13.5. The molecule has 0 bridgehead atoms. The maximum Gasteiger partial charge on any atom is 0.222 e. The Morgan fingerprint density at radius 1 is 1.67 bits per heavy atom. The van der Waals surface area contributed by atoms with Crippen LogP contribution in [-0.4, -0.2) is 50.2 Å². The van der Waals surface area contributed by atoms with E-state index in [9.17, 15) is 4.79 Å². The highest BCUT2D eigenvalue weighted by atomic mass is 16.5. The summed E-state index contributed by atoms with van der Waals surface area (Å²) in [6.45, 7) is 7.42. The molecule has 0 aromatic rings. The Balaban J connectivity index is 2.39. The van der Waals surface area contributed by atoms with Crippen LogP contribution in [0.4, 0.5) is 0 Å². The highest BCUT2D eigenvalue weighted by molar-refractivity contribution is 5.78. The molecule has 0 aromatic heterocycles. The zero-order valence-corrected chi connectivity index (χ0v) is 9.95. The van der Waals surface area contributed by atoms with Crippen LogP contribution in [0.15, 0.2) is 0 Å². The molecule has 88 valence electrons. The zero-order valence-electron chi connectivity index (χ0n) is 9.95. The van der Waals surface area contributed by atoms with E-state index in [1.807, 2.05) is 4.90 Å². The fourth-order valence-corrected chi connectivity index (χ4v) is 2.08. The molecule has 2 unspecified atom stereocenters. The molecule has 2 atom stereocenters. The average molecular weight is 214 g/mol. The molecule has 1 fully saturated rings. The van der Waals surface area contributed by atoms with Crippen LogP contribution in [0.25, 0.3) is 0 Å². The summed E-state index contributed by atoms with van der Waals surface area (Å²) in [6, 6.07) is 0.259. The largest absolute Gasteiger partial charge is 0.383 e. The smallest absolute Gasteiger partial charge is 0.222 e. The number of likely N-dealkylation sites (tertiary alicyclic amines) is 1. The van der Waals surface area contributed by atoms with Gasteiger partial charge in [0.05, 0.1) is 6.61 Å². The fourth-order valence-electron chi connectivity index (χ4n) is 2.08. The summed E-state index contributed by atoms with van der Waals surface area (Å²) >= 11 is 0. The van der Waals surface area contributed by atoms with E-state index in [-0.39, 0.29) is 11.9 Å². The maximum absolute atomic E-state index is 11.6. The van der Waals surface area contributed by atoms with Crippen molar-refractivity contribution in [2.24, 2.45) is 5.92 Å². The van der Waals surface area contributed by atoms with Crippen LogP contribution in [-0.2, 0) is 9.53 Å². The Morgan fingerprint density at radius 3 is 2.87 bits per heavy atom. The van der Waals surface area contributed by atoms with Crippen LogP contribution in [0, 0.1) is 5.92 Å². The second kappa shape index (κ2) is 6.08. The van der Waals surface area contributed by atoms with Crippen molar-refractivity contribution in [2.75, 3.05) is 33.4 Å². The van der Waals surface area contributed by atoms with Gasteiger partial charge in [-0.25, -0.2) is 0 Å². The molecule has 0 spiro atoms. The molecule has 1 N–H and O–H groups in total. The molecule has 4 nitrogen and oxygen atoms in total. The summed E-state index contributed by atoms with van der Waals surface area (Å²) in [6.07, 6.45) is 0.700. The standard InChI is InChI=1S/C11H22N2O2/c1-4-12-10(8-15-3)7-13-6-9(2)5-11(13)14/h9-10,12H,4-8H2,1-3H3. The minimum absolute atomic E-state index is 0.259. The van der Waals surface area contributed by atoms with Gasteiger partial charge >= 0.3 is 0 Å². The third-order valence-electron chi connectivity index (χ3n) is 2.71. The number of hydrogen-bond donors (Lipinski definition) is 1. The second-order valence-electron chi connectivity index (χ2n) is 4.32. The van der Waals surface area contributed by atoms with Gasteiger partial charge in [-0.05, 0) is 12.5 Å². The first-order chi connectivity index (χ1) is 7.17. The van der Waals surface area contributed by atoms with Crippen molar-refractivity contribution < 1.29 is 9.53 Å². The molecule has 1 aliphatic rings. The first-order valence-electron chi connectivity index (χ1n) is 5.67. The lowest BCUT2D eigenvalue weighted by molar-refractivity contribution is -0.128. The van der Waals surface area contributed by atoms with Crippen molar-refractivity contribution in [2.45, 2.75) is 26.3 Å². The number of nitrogens with zero attached hydrogens (tertiary/aromatic N) is 1. The Bertz CT molecular complexity index is 203. The van der Waals surface area contributed by atoms with E-state index in [2.05, 4.69) is 19.2 Å². The lowest BCUT2D eigenvalue weighted by Gasteiger charge is -2.24. The lowest BCUT2D eigenvalue weighted by Crippen LogP contribution is -2.44. The predicted molar refractivity (Wildman–Crippen MR) is 59.7 cm³/mol. The van der Waals surface area contributed by atoms with Crippen LogP contribution in [0.1, 0.15) is 20.3 Å². The van der Waals surface area contributed by atoms with Gasteiger partial charge in [0, 0.05) is 32.7 Å². The SMILES string of the molecule is CCNC(COC)CN1CC(C)CC1=O. The molecule has 1 saturated heterocycles. The number of amides is 1. The molecule has 0 saturated carbocycles. The minimum atomic E-state index is 0.259. The number of carbonyl (C=O) groups excluding carboxylic acids is 1. The number of rotatable bonds is 6. The molecular weight excluding hydrogens is 192 g/mol. The van der Waals surface area contributed by atoms with E-state index >= 15 is 0 Å². The molecule has 0 aromatic carbocycles. The summed E-state index contributed by atoms with van der Waals surface area (Å²) in [5.41, 5.74) is 0. The molecule has 15 heavy (non-hydrogen) atoms. The first kappa shape index (κ1) is 12.5. The van der Waals surface area contributed by atoms with E-state index in [0.29, 0.717) is 18.9 Å². The second-order valence-corrected chi connectivity index (χ2v) is 4.32. The number of ether oxygens (including phenoxy) is 1. The van der Waals surface area contributed by atoms with Gasteiger partial charge in [-0.3, -0.25) is 4.79 Å². The Morgan fingerprint density at radius 2 is 2.40 bits per heavy atom. The molecule has 1 aliphatic heterocycles. The topological polar surface area (TPSA) is 41.6 Å². The van der Waals surface area contributed by atoms with Crippen LogP contribution in [0.5, 0.6) is 0 Å². The first-order valence-corrected chi connectivity index (χ1v) is 5.67. The van der Waals surface area contributed by atoms with Gasteiger partial charge in [-0.1, -0.05) is 13.8 Å². The van der Waals surface area contributed by atoms with E-state index < -0.39 is 0 Å². The van der Waals surface area contributed by atoms with Crippen molar-refractivity contribution in [3.05, 3.63) is 0 Å². The van der Waals surface area contributed by atoms with E-state index in [1.54, 1.807) is 7.11 Å². The van der Waals surface area contributed by atoms with Crippen molar-refractivity contribution >= 4 is 5.91 Å². The van der Waals surface area contributed by atoms with E-state index in [0.717, 1.165) is 19.6 Å². The normalized spacial score (nSPS) is 23.5. The number of likely N-dealkylation sites (N-methyl/N-ethyl adjacent to an activating group) is 1. The van der Waals surface area contributed by atoms with Gasteiger partial charge in [0.1, 0.15) is 0 Å². The highest BCUT2D eigenvalue weighted by Gasteiger charge is 2.27. The van der Waals surface area contributed by atoms with Crippen LogP contribution in [0.3, 0.4) is 0 Å². The third kappa shape index (κ3) is 3.80. The lowest BCUT2D eigenvalue weighted by atomic mass is 10.2. The zero-order chi connectivity index (χ0) is 11.3. The van der Waals surface area contributed by atoms with Crippen LogP contribution < -0.4 is 5.32 Å². The monoisotopic (exact) mass is 214 g/mol. The van der Waals surface area contributed by atoms with Crippen molar-refractivity contribution in [1.29, 1.82) is 0 Å². The van der Waals surface area contributed by atoms with Gasteiger partial charge in [0.2, 0.25) is 5.91 Å². The Labute approximate surface area is 92.0 Å². The van der Waals surface area contributed by atoms with Gasteiger partial charge < -0.3 is 15.0 Å². The van der Waals surface area contributed by atoms with E-state index in [1.165, 1.54) is 0 Å². The van der Waals surface area contributed by atoms with Gasteiger partial charge in [-0.2, -0.15) is 0 Å². The van der Waals surface area contributed by atoms with Gasteiger partial charge in [-0.15, -0.1) is 0 Å². The molecule has 1 amide bonds. The quantitative estimate of drug-likeness (QED) is 0.699. The summed E-state index contributed by atoms with van der Waals surface area (Å²) < 4.78 is 5.13. The maximum atomic E-state index is 11.6. The Kier molecular flexibility index (Phi) is 5.05. The number of carbonyl (C=O) groups is 1. The summed E-state index contributed by atoms with van der Waals surface area (Å²) in [7, 11) is 1.69. The number of methoxy groups -OCH3 is 1. The van der Waals surface area contributed by atoms with Crippen molar-refractivity contribution in [3.63, 3.8) is 0 Å². The van der Waals surface area contributed by atoms with Crippen LogP contribution >= 0.6 is 0 Å². The van der Waals surface area contributed by atoms with E-state index in [4.69, 9.17) is 4.74 Å². The highest BCUT2D eigenvalue weighted by Crippen LogP contribution is 2.16. The molecule has 4 heteroatoms. The Hall–Kier alpha value is -0.610. The fraction of sp³-hybridized carbons (Fsp3) is 0.909. The molecule has 1 rings (SSSR count). The number of hydrogen-bond acceptors (Lipinski definition) is 3. The third-order valence-corrected chi connectivity index (χ3v) is 2.71. The number of nitrogens with one attached hydrogen (secondary N) is 1. The van der Waals surface area contributed by atoms with Crippen LogP contribution in [0.2, 0.25) is 0 Å². The summed E-state index contributed by atoms with van der Waals surface area (Å²) in [5, 5.41) is 3.33. The average Bonchev–Trinajstić information content (AvgIpc) is 2.46. The molecule has 1 heterocycles. The molecule has 0 radical (unpaired) electrons. The molecular formula is C11H22N2O2. The van der Waals surface area contributed by atoms with Crippen molar-refractivity contribution in [3.8, 4) is 0 Å². The van der Waals surface area contributed by atoms with Gasteiger partial charge in [0.15, 0.2) is 0 Å². The molecule has 0 aliphatic carbocycles. The predicted octanol–water partition coefficient (Wildman–Crippen LogP) is 0.479. The summed E-state index contributed by atoms with van der Waals surface area (Å²) in [5.74, 6) is 0.781. The minimum Gasteiger partial charge on any atom is -0.383 e. The van der Waals surface area contributed by atoms with Gasteiger partial charge in [0.25, 0.3) is 0 Å². The van der Waals surface area contributed by atoms with Crippen molar-refractivity contribution in [1.82, 2.24) is 10.2 Å².